The highest BCUT2D eigenvalue weighted by atomic mass is 16.6. The molecule has 0 spiro atoms. The van der Waals surface area contributed by atoms with Crippen molar-refractivity contribution in [2.24, 2.45) is 0 Å². The molecule has 0 aliphatic rings. The normalized spacial score (nSPS) is 12.8. The van der Waals surface area contributed by atoms with Gasteiger partial charge in [-0.15, -0.1) is 0 Å². The van der Waals surface area contributed by atoms with E-state index in [0.29, 0.717) is 19.3 Å². The Morgan fingerprint density at radius 1 is 0.309 bits per heavy atom. The molecule has 1 atom stereocenters. The van der Waals surface area contributed by atoms with E-state index in [2.05, 4.69) is 112 Å². The molecule has 0 saturated carbocycles. The molecule has 0 fully saturated rings. The Morgan fingerprint density at radius 3 is 0.985 bits per heavy atom. The highest BCUT2D eigenvalue weighted by Crippen LogP contribution is 2.14. The minimum Gasteiger partial charge on any atom is -0.462 e. The second kappa shape index (κ2) is 55.9. The largest absolute Gasteiger partial charge is 0.462 e. The molecule has 0 unspecified atom stereocenters. The Bertz CT molecular complexity index is 1360. The van der Waals surface area contributed by atoms with E-state index in [-0.39, 0.29) is 37.5 Å². The molecule has 6 nitrogen and oxygen atoms in total. The number of esters is 3. The highest BCUT2D eigenvalue weighted by Gasteiger charge is 2.19. The quantitative estimate of drug-likeness (QED) is 0.0262. The van der Waals surface area contributed by atoms with Gasteiger partial charge in [-0.1, -0.05) is 227 Å². The van der Waals surface area contributed by atoms with Crippen LogP contribution in [0.4, 0.5) is 0 Å². The maximum Gasteiger partial charge on any atom is 0.306 e. The lowest BCUT2D eigenvalue weighted by molar-refractivity contribution is -0.166. The molecule has 0 rings (SSSR count). The minimum absolute atomic E-state index is 0.107. The predicted octanol–water partition coefficient (Wildman–Crippen LogP) is 18.9. The van der Waals surface area contributed by atoms with Crippen LogP contribution >= 0.6 is 0 Å². The summed E-state index contributed by atoms with van der Waals surface area (Å²) >= 11 is 0. The Hall–Kier alpha value is -3.67. The van der Waals surface area contributed by atoms with Gasteiger partial charge in [0.05, 0.1) is 0 Å². The van der Waals surface area contributed by atoms with Crippen LogP contribution in [0.15, 0.2) is 97.2 Å². The molecule has 68 heavy (non-hydrogen) atoms. The first-order valence-corrected chi connectivity index (χ1v) is 28.2. The van der Waals surface area contributed by atoms with Gasteiger partial charge < -0.3 is 14.2 Å². The summed E-state index contributed by atoms with van der Waals surface area (Å²) in [6, 6.07) is 0. The fourth-order valence-electron chi connectivity index (χ4n) is 7.57. The fraction of sp³-hybridized carbons (Fsp3) is 0.694. The molecule has 0 aromatic heterocycles. The van der Waals surface area contributed by atoms with E-state index in [0.717, 1.165) is 89.9 Å². The van der Waals surface area contributed by atoms with Crippen molar-refractivity contribution in [1.29, 1.82) is 0 Å². The SMILES string of the molecule is CC/C=C/C/C=C/C/C=C/C/C=C/C/C=C/C/C=C/CCC(=O)OC[C@@H](COC(=O)CCCCCCC/C=C/CCCCCCC)OC(=O)CCCCCCCCC/C=C/CCCCCCCC. The zero-order chi connectivity index (χ0) is 49.3. The second-order valence-corrected chi connectivity index (χ2v) is 18.5. The number of hydrogen-bond donors (Lipinski definition) is 0. The van der Waals surface area contributed by atoms with Crippen molar-refractivity contribution in [3.05, 3.63) is 97.2 Å². The summed E-state index contributed by atoms with van der Waals surface area (Å²) in [6.07, 6.45) is 74.0. The van der Waals surface area contributed by atoms with Gasteiger partial charge in [0.1, 0.15) is 13.2 Å². The van der Waals surface area contributed by atoms with Gasteiger partial charge in [-0.3, -0.25) is 14.4 Å². The first-order valence-electron chi connectivity index (χ1n) is 28.2. The van der Waals surface area contributed by atoms with E-state index < -0.39 is 6.10 Å². The summed E-state index contributed by atoms with van der Waals surface area (Å²) in [4.78, 5) is 38.1. The Kier molecular flexibility index (Phi) is 52.9. The molecule has 0 heterocycles. The first-order chi connectivity index (χ1) is 33.5. The topological polar surface area (TPSA) is 78.9 Å². The lowest BCUT2D eigenvalue weighted by atomic mass is 10.1. The van der Waals surface area contributed by atoms with Crippen LogP contribution in [0.3, 0.4) is 0 Å². The third-order valence-corrected chi connectivity index (χ3v) is 11.8. The third kappa shape index (κ3) is 53.3. The van der Waals surface area contributed by atoms with Crippen LogP contribution in [-0.2, 0) is 28.6 Å². The molecule has 0 saturated heterocycles. The summed E-state index contributed by atoms with van der Waals surface area (Å²) < 4.78 is 16.8. The molecular weight excluding hydrogens is 841 g/mol. The van der Waals surface area contributed by atoms with Crippen LogP contribution in [0.25, 0.3) is 0 Å². The summed E-state index contributed by atoms with van der Waals surface area (Å²) in [5, 5.41) is 0. The van der Waals surface area contributed by atoms with E-state index in [1.54, 1.807) is 0 Å². The molecule has 388 valence electrons. The first kappa shape index (κ1) is 64.3. The van der Waals surface area contributed by atoms with Gasteiger partial charge in [0, 0.05) is 19.3 Å². The van der Waals surface area contributed by atoms with Crippen molar-refractivity contribution >= 4 is 17.9 Å². The Balaban J connectivity index is 4.51. The van der Waals surface area contributed by atoms with Crippen LogP contribution < -0.4 is 0 Å². The molecule has 0 aromatic carbocycles. The number of carbonyl (C=O) groups is 3. The third-order valence-electron chi connectivity index (χ3n) is 11.8. The molecule has 0 bridgehead atoms. The Morgan fingerprint density at radius 2 is 0.603 bits per heavy atom. The molecule has 6 heteroatoms. The van der Waals surface area contributed by atoms with Gasteiger partial charge in [0.15, 0.2) is 6.10 Å². The van der Waals surface area contributed by atoms with Crippen molar-refractivity contribution in [1.82, 2.24) is 0 Å². The summed E-state index contributed by atoms with van der Waals surface area (Å²) in [5.41, 5.74) is 0. The summed E-state index contributed by atoms with van der Waals surface area (Å²) in [5.74, 6) is -1.00. The smallest absolute Gasteiger partial charge is 0.306 e. The van der Waals surface area contributed by atoms with E-state index in [1.165, 1.54) is 122 Å². The van der Waals surface area contributed by atoms with Gasteiger partial charge in [-0.05, 0) is 109 Å². The number of allylic oxidation sites excluding steroid dienone is 16. The lowest BCUT2D eigenvalue weighted by Gasteiger charge is -2.18. The van der Waals surface area contributed by atoms with Crippen LogP contribution in [0.5, 0.6) is 0 Å². The van der Waals surface area contributed by atoms with Gasteiger partial charge in [-0.25, -0.2) is 0 Å². The zero-order valence-corrected chi connectivity index (χ0v) is 44.3. The standard InChI is InChI=1S/C62H104O6/c1-4-7-10-13-16-19-22-25-28-30-31-33-34-37-40-43-46-49-52-55-61(64)67-58-59(57-66-60(63)54-51-48-45-42-39-36-27-24-21-18-15-12-9-6-3)68-62(65)56-53-50-47-44-41-38-35-32-29-26-23-20-17-14-11-8-5-2/h7,10,16,19,24-29,31,33,37,40,46,49,59H,4-6,8-9,11-15,17-18,20-23,30,32,34-36,38-39,41-45,47-48,50-58H2,1-3H3/b10-7+,19-16+,27-24+,28-25+,29-26+,33-31+,40-37+,49-46+/t59-/m1/s1. The number of ether oxygens (including phenoxy) is 3. The predicted molar refractivity (Wildman–Crippen MR) is 293 cm³/mol. The van der Waals surface area contributed by atoms with Gasteiger partial charge in [0.2, 0.25) is 0 Å². The molecule has 0 aromatic rings. The molecule has 0 amide bonds. The van der Waals surface area contributed by atoms with Crippen molar-refractivity contribution < 1.29 is 28.6 Å². The number of hydrogen-bond acceptors (Lipinski definition) is 6. The second-order valence-electron chi connectivity index (χ2n) is 18.5. The molecular formula is C62H104O6. The summed E-state index contributed by atoms with van der Waals surface area (Å²) in [6.45, 7) is 6.44. The highest BCUT2D eigenvalue weighted by molar-refractivity contribution is 5.71. The van der Waals surface area contributed by atoms with Crippen molar-refractivity contribution in [3.63, 3.8) is 0 Å². The number of rotatable bonds is 50. The monoisotopic (exact) mass is 945 g/mol. The van der Waals surface area contributed by atoms with Crippen molar-refractivity contribution in [2.45, 2.75) is 264 Å². The Labute approximate surface area is 419 Å². The van der Waals surface area contributed by atoms with Crippen LogP contribution in [-0.4, -0.2) is 37.2 Å². The van der Waals surface area contributed by atoms with E-state index >= 15 is 0 Å². The lowest BCUT2D eigenvalue weighted by Crippen LogP contribution is -2.30. The van der Waals surface area contributed by atoms with Gasteiger partial charge in [-0.2, -0.15) is 0 Å². The van der Waals surface area contributed by atoms with Crippen LogP contribution in [0, 0.1) is 0 Å². The van der Waals surface area contributed by atoms with E-state index in [1.807, 2.05) is 6.08 Å². The molecule has 0 radical (unpaired) electrons. The van der Waals surface area contributed by atoms with E-state index in [9.17, 15) is 14.4 Å². The van der Waals surface area contributed by atoms with Crippen LogP contribution in [0.1, 0.15) is 258 Å². The maximum absolute atomic E-state index is 12.8. The number of carbonyl (C=O) groups excluding carboxylic acids is 3. The average molecular weight is 946 g/mol. The van der Waals surface area contributed by atoms with E-state index in [4.69, 9.17) is 14.2 Å². The van der Waals surface area contributed by atoms with Crippen LogP contribution in [0.2, 0.25) is 0 Å². The fourth-order valence-corrected chi connectivity index (χ4v) is 7.57. The average Bonchev–Trinajstić information content (AvgIpc) is 3.34. The zero-order valence-electron chi connectivity index (χ0n) is 44.3. The molecule has 0 N–H and O–H groups in total. The maximum atomic E-state index is 12.8. The van der Waals surface area contributed by atoms with Gasteiger partial charge >= 0.3 is 17.9 Å². The van der Waals surface area contributed by atoms with Gasteiger partial charge in [0.25, 0.3) is 0 Å². The molecule has 0 aliphatic carbocycles. The van der Waals surface area contributed by atoms with Crippen molar-refractivity contribution in [3.8, 4) is 0 Å². The molecule has 0 aliphatic heterocycles. The minimum atomic E-state index is -0.814. The van der Waals surface area contributed by atoms with Crippen molar-refractivity contribution in [2.75, 3.05) is 13.2 Å². The summed E-state index contributed by atoms with van der Waals surface area (Å²) in [7, 11) is 0. The number of unbranched alkanes of at least 4 members (excludes halogenated alkanes) is 23.